The largest absolute Gasteiger partial charge is 0.449 e. The van der Waals surface area contributed by atoms with Gasteiger partial charge < -0.3 is 29.5 Å². The Morgan fingerprint density at radius 1 is 0.898 bits per heavy atom. The second-order valence-corrected chi connectivity index (χ2v) is 18.0. The van der Waals surface area contributed by atoms with E-state index >= 15 is 4.79 Å². The van der Waals surface area contributed by atoms with Gasteiger partial charge in [0.1, 0.15) is 23.1 Å². The molecule has 10 nitrogen and oxygen atoms in total. The number of nitrogens with one attached hydrogen (secondary N) is 1. The Hall–Kier alpha value is -4.81. The van der Waals surface area contributed by atoms with Crippen LogP contribution in [0.4, 0.5) is 4.79 Å². The van der Waals surface area contributed by atoms with Crippen LogP contribution >= 0.6 is 35.0 Å². The Morgan fingerprint density at radius 3 is 2.14 bits per heavy atom. The normalized spacial score (nSPS) is 23.7. The highest BCUT2D eigenvalue weighted by Crippen LogP contribution is 2.56. The molecule has 13 heteroatoms. The number of allylic oxidation sites excluding steroid dienone is 1. The first-order valence-corrected chi connectivity index (χ1v) is 21.7. The number of thioether (sulfide) groups is 1. The Balaban J connectivity index is 0.997. The number of morpholine rings is 1. The summed E-state index contributed by atoms with van der Waals surface area (Å²) in [6.45, 7) is 8.30. The number of hydrogen-bond acceptors (Lipinski definition) is 8. The molecule has 3 amide bonds. The van der Waals surface area contributed by atoms with E-state index in [2.05, 4.69) is 55.3 Å². The molecule has 304 valence electrons. The summed E-state index contributed by atoms with van der Waals surface area (Å²) in [4.78, 5) is 54.5. The number of carbonyl (C=O) groups is 3. The van der Waals surface area contributed by atoms with Crippen LogP contribution in [-0.2, 0) is 24.6 Å². The zero-order valence-corrected chi connectivity index (χ0v) is 35.4. The Bertz CT molecular complexity index is 2320. The van der Waals surface area contributed by atoms with Crippen LogP contribution in [0, 0.1) is 5.92 Å². The van der Waals surface area contributed by atoms with Gasteiger partial charge in [0.15, 0.2) is 5.17 Å². The van der Waals surface area contributed by atoms with E-state index in [9.17, 15) is 9.59 Å². The van der Waals surface area contributed by atoms with Gasteiger partial charge in [0.25, 0.3) is 5.91 Å². The quantitative estimate of drug-likeness (QED) is 0.190. The molecule has 59 heavy (non-hydrogen) atoms. The summed E-state index contributed by atoms with van der Waals surface area (Å²) in [6, 6.07) is 30.3. The van der Waals surface area contributed by atoms with Crippen molar-refractivity contribution in [3.05, 3.63) is 140 Å². The van der Waals surface area contributed by atoms with E-state index in [1.54, 1.807) is 9.80 Å². The minimum atomic E-state index is -0.787. The van der Waals surface area contributed by atoms with Gasteiger partial charge in [-0.25, -0.2) is 9.79 Å². The first-order valence-electron chi connectivity index (χ1n) is 20.1. The lowest BCUT2D eigenvalue weighted by atomic mass is 9.81. The maximum absolute atomic E-state index is 15.1. The molecular weight excluding hydrogens is 806 g/mol. The van der Waals surface area contributed by atoms with Crippen molar-refractivity contribution in [3.8, 4) is 11.1 Å². The minimum Gasteiger partial charge on any atom is -0.449 e. The molecule has 2 fully saturated rings. The number of amides is 3. The summed E-state index contributed by atoms with van der Waals surface area (Å²) in [6.07, 6.45) is -0.323. The molecule has 4 aliphatic heterocycles. The van der Waals surface area contributed by atoms with Crippen LogP contribution in [0.1, 0.15) is 61.4 Å². The highest BCUT2D eigenvalue weighted by molar-refractivity contribution is 8.18. The number of rotatable bonds is 8. The number of ether oxygens (including phenoxy) is 2. The average Bonchev–Trinajstić information content (AvgIpc) is 3.99. The number of nitrogens with zero attached hydrogens (tertiary/aromatic N) is 4. The van der Waals surface area contributed by atoms with Gasteiger partial charge in [0.05, 0.1) is 25.3 Å². The van der Waals surface area contributed by atoms with Crippen molar-refractivity contribution in [1.29, 1.82) is 0 Å². The smallest absolute Gasteiger partial charge is 0.407 e. The molecule has 4 aromatic rings. The summed E-state index contributed by atoms with van der Waals surface area (Å²) in [5.74, 6) is -0.591. The molecule has 0 unspecified atom stereocenters. The second-order valence-electron chi connectivity index (χ2n) is 16.2. The SMILES string of the molecule is CC(C)C1=C(C(=O)N2C[C@@H](NC(=O)OCC3c4ccccc4-c4ccccc43)C[C@H]2C(=O)N2CCOCC2)SC2=N[C@@](C)(c3ccc(Cl)cc3)[C@@H](c3ccc(Cl)cc3)N21. The number of aliphatic imine (C=N–C) groups is 1. The lowest BCUT2D eigenvalue weighted by Crippen LogP contribution is -2.51. The number of likely N-dealkylation sites (tertiary alicyclic amines) is 1. The predicted octanol–water partition coefficient (Wildman–Crippen LogP) is 8.60. The van der Waals surface area contributed by atoms with E-state index in [-0.39, 0.29) is 49.3 Å². The van der Waals surface area contributed by atoms with Crippen LogP contribution in [-0.4, -0.2) is 89.3 Å². The standard InChI is InChI=1S/C46H45Cl2N5O5S/c1-27(2)39-40(59-44-50-46(3,29-14-18-31(48)19-15-29)41(53(39)44)28-12-16-30(47)17-13-28)43(55)52-25-32(24-38(52)42(54)51-20-22-57-23-21-51)49-45(56)58-26-37-35-10-6-4-8-33(35)34-9-5-7-11-36(34)37/h4-19,27,32,37-38,41H,20-26H2,1-3H3,(H,49,56)/t32-,38-,41+,46-/m0/s1. The highest BCUT2D eigenvalue weighted by Gasteiger charge is 2.54. The highest BCUT2D eigenvalue weighted by atomic mass is 35.5. The number of fused-ring (bicyclic) bond motifs is 4. The van der Waals surface area contributed by atoms with E-state index in [1.807, 2.05) is 72.8 Å². The molecule has 9 rings (SSSR count). The summed E-state index contributed by atoms with van der Waals surface area (Å²) in [5.41, 5.74) is 6.62. The third kappa shape index (κ3) is 7.19. The fourth-order valence-corrected chi connectivity index (χ4v) is 11.0. The molecular formula is C46H45Cl2N5O5S. The van der Waals surface area contributed by atoms with Crippen molar-refractivity contribution in [2.75, 3.05) is 39.5 Å². The van der Waals surface area contributed by atoms with Crippen molar-refractivity contribution in [1.82, 2.24) is 20.0 Å². The zero-order chi connectivity index (χ0) is 41.0. The van der Waals surface area contributed by atoms with Gasteiger partial charge in [0, 0.05) is 41.3 Å². The van der Waals surface area contributed by atoms with Crippen molar-refractivity contribution < 1.29 is 23.9 Å². The maximum Gasteiger partial charge on any atom is 0.407 e. The third-order valence-electron chi connectivity index (χ3n) is 12.2. The van der Waals surface area contributed by atoms with Crippen molar-refractivity contribution in [2.45, 2.75) is 56.8 Å². The Kier molecular flexibility index (Phi) is 10.7. The van der Waals surface area contributed by atoms with Gasteiger partial charge in [-0.2, -0.15) is 0 Å². The average molecular weight is 851 g/mol. The van der Waals surface area contributed by atoms with E-state index in [0.717, 1.165) is 39.1 Å². The third-order valence-corrected chi connectivity index (χ3v) is 13.8. The van der Waals surface area contributed by atoms with Crippen LogP contribution in [0.5, 0.6) is 0 Å². The Morgan fingerprint density at radius 2 is 1.51 bits per heavy atom. The molecule has 5 aliphatic rings. The molecule has 1 N–H and O–H groups in total. The van der Waals surface area contributed by atoms with Crippen LogP contribution in [0.2, 0.25) is 10.0 Å². The Labute approximate surface area is 358 Å². The molecule has 0 aromatic heterocycles. The van der Waals surface area contributed by atoms with Gasteiger partial charge >= 0.3 is 6.09 Å². The van der Waals surface area contributed by atoms with Gasteiger partial charge in [0.2, 0.25) is 5.91 Å². The molecule has 0 saturated carbocycles. The second kappa shape index (κ2) is 16.0. The molecule has 1 aliphatic carbocycles. The van der Waals surface area contributed by atoms with Crippen LogP contribution in [0.25, 0.3) is 11.1 Å². The molecule has 0 spiro atoms. The van der Waals surface area contributed by atoms with Crippen molar-refractivity contribution in [2.24, 2.45) is 10.9 Å². The number of carbonyl (C=O) groups excluding carboxylic acids is 3. The molecule has 4 heterocycles. The fraction of sp³-hybridized carbons (Fsp3) is 0.348. The van der Waals surface area contributed by atoms with Gasteiger partial charge in [-0.05, 0) is 88.7 Å². The maximum atomic E-state index is 15.1. The van der Waals surface area contributed by atoms with Crippen molar-refractivity contribution in [3.63, 3.8) is 0 Å². The van der Waals surface area contributed by atoms with E-state index in [0.29, 0.717) is 46.4 Å². The first kappa shape index (κ1) is 39.6. The lowest BCUT2D eigenvalue weighted by molar-refractivity contribution is -0.144. The molecule has 0 bridgehead atoms. The van der Waals surface area contributed by atoms with Crippen LogP contribution in [0.15, 0.2) is 113 Å². The minimum absolute atomic E-state index is 0.0812. The van der Waals surface area contributed by atoms with E-state index in [1.165, 1.54) is 11.8 Å². The summed E-state index contributed by atoms with van der Waals surface area (Å²) >= 11 is 14.1. The van der Waals surface area contributed by atoms with Crippen LogP contribution < -0.4 is 5.32 Å². The monoisotopic (exact) mass is 849 g/mol. The predicted molar refractivity (Wildman–Crippen MR) is 231 cm³/mol. The first-order chi connectivity index (χ1) is 28.5. The molecule has 2 saturated heterocycles. The number of alkyl carbamates (subject to hydrolysis) is 1. The van der Waals surface area contributed by atoms with Crippen LogP contribution in [0.3, 0.4) is 0 Å². The molecule has 4 atom stereocenters. The van der Waals surface area contributed by atoms with Gasteiger partial charge in [-0.1, -0.05) is 110 Å². The van der Waals surface area contributed by atoms with E-state index < -0.39 is 23.7 Å². The fourth-order valence-electron chi connectivity index (χ4n) is 9.40. The molecule has 4 aromatic carbocycles. The molecule has 0 radical (unpaired) electrons. The van der Waals surface area contributed by atoms with Crippen molar-refractivity contribution >= 4 is 58.0 Å². The zero-order valence-electron chi connectivity index (χ0n) is 33.1. The number of amidine groups is 1. The number of hydrogen-bond donors (Lipinski definition) is 1. The summed E-state index contributed by atoms with van der Waals surface area (Å²) in [7, 11) is 0. The van der Waals surface area contributed by atoms with Gasteiger partial charge in [-0.15, -0.1) is 0 Å². The summed E-state index contributed by atoms with van der Waals surface area (Å²) < 4.78 is 11.5. The summed E-state index contributed by atoms with van der Waals surface area (Å²) in [5, 5.41) is 4.99. The lowest BCUT2D eigenvalue weighted by Gasteiger charge is -2.37. The van der Waals surface area contributed by atoms with E-state index in [4.69, 9.17) is 37.7 Å². The number of benzene rings is 4. The topological polar surface area (TPSA) is 104 Å². The van der Waals surface area contributed by atoms with Gasteiger partial charge in [-0.3, -0.25) is 9.59 Å². The number of halogens is 2.